The average molecular weight is 267 g/mol. The number of ether oxygens (including phenoxy) is 1. The van der Waals surface area contributed by atoms with E-state index in [2.05, 4.69) is 53.0 Å². The number of hydrogen-bond acceptors (Lipinski definition) is 3. The summed E-state index contributed by atoms with van der Waals surface area (Å²) in [6.07, 6.45) is 0.720. The second-order valence-corrected chi connectivity index (χ2v) is 7.12. The summed E-state index contributed by atoms with van der Waals surface area (Å²) in [4.78, 5) is 4.79. The van der Waals surface area contributed by atoms with Crippen LogP contribution in [-0.2, 0) is 16.6 Å². The fraction of sp³-hybridized carbons (Fsp3) is 0.800. The molecule has 1 aromatic heterocycles. The summed E-state index contributed by atoms with van der Waals surface area (Å²) in [7, 11) is 1.72. The van der Waals surface area contributed by atoms with Crippen molar-refractivity contribution in [3.8, 4) is 0 Å². The van der Waals surface area contributed by atoms with Gasteiger partial charge < -0.3 is 15.0 Å². The SMILES string of the molecule is COC(C)(C)Cc1nc(C(C)(C)C)n(C(C)C)c1N. The van der Waals surface area contributed by atoms with Crippen LogP contribution >= 0.6 is 0 Å². The molecule has 0 spiro atoms. The number of nitrogens with zero attached hydrogens (tertiary/aromatic N) is 2. The molecule has 1 heterocycles. The maximum Gasteiger partial charge on any atom is 0.127 e. The van der Waals surface area contributed by atoms with Crippen LogP contribution in [0.15, 0.2) is 0 Å². The molecular weight excluding hydrogens is 238 g/mol. The van der Waals surface area contributed by atoms with E-state index in [1.165, 1.54) is 0 Å². The van der Waals surface area contributed by atoms with Gasteiger partial charge in [-0.1, -0.05) is 20.8 Å². The minimum Gasteiger partial charge on any atom is -0.384 e. The average Bonchev–Trinajstić information content (AvgIpc) is 2.55. The smallest absolute Gasteiger partial charge is 0.127 e. The van der Waals surface area contributed by atoms with Gasteiger partial charge in [0, 0.05) is 25.0 Å². The fourth-order valence-electron chi connectivity index (χ4n) is 2.15. The monoisotopic (exact) mass is 267 g/mol. The number of methoxy groups -OCH3 is 1. The van der Waals surface area contributed by atoms with Gasteiger partial charge in [-0.3, -0.25) is 0 Å². The molecule has 110 valence electrons. The van der Waals surface area contributed by atoms with Crippen LogP contribution in [0.2, 0.25) is 0 Å². The number of aromatic nitrogens is 2. The summed E-state index contributed by atoms with van der Waals surface area (Å²) in [5.41, 5.74) is 6.97. The minimum atomic E-state index is -0.251. The van der Waals surface area contributed by atoms with Gasteiger partial charge in [-0.2, -0.15) is 0 Å². The lowest BCUT2D eigenvalue weighted by Crippen LogP contribution is -2.26. The molecule has 0 radical (unpaired) electrons. The van der Waals surface area contributed by atoms with Gasteiger partial charge in [0.1, 0.15) is 11.6 Å². The zero-order valence-corrected chi connectivity index (χ0v) is 13.7. The van der Waals surface area contributed by atoms with Crippen LogP contribution in [0.5, 0.6) is 0 Å². The van der Waals surface area contributed by atoms with Gasteiger partial charge in [0.05, 0.1) is 11.3 Å². The lowest BCUT2D eigenvalue weighted by molar-refractivity contribution is 0.0226. The van der Waals surface area contributed by atoms with E-state index in [1.54, 1.807) is 7.11 Å². The van der Waals surface area contributed by atoms with Crippen molar-refractivity contribution in [1.29, 1.82) is 0 Å². The van der Waals surface area contributed by atoms with Gasteiger partial charge in [-0.15, -0.1) is 0 Å². The first kappa shape index (κ1) is 16.0. The number of nitrogens with two attached hydrogens (primary N) is 1. The molecule has 0 saturated heterocycles. The Morgan fingerprint density at radius 1 is 1.21 bits per heavy atom. The van der Waals surface area contributed by atoms with Gasteiger partial charge in [0.2, 0.25) is 0 Å². The van der Waals surface area contributed by atoms with Crippen LogP contribution in [0.25, 0.3) is 0 Å². The third-order valence-corrected chi connectivity index (χ3v) is 3.36. The number of rotatable bonds is 4. The summed E-state index contributed by atoms with van der Waals surface area (Å²) < 4.78 is 7.63. The Bertz CT molecular complexity index is 439. The number of hydrogen-bond donors (Lipinski definition) is 1. The second-order valence-electron chi connectivity index (χ2n) is 7.12. The molecule has 0 aliphatic carbocycles. The lowest BCUT2D eigenvalue weighted by atomic mass is 9.95. The molecule has 0 amide bonds. The number of anilines is 1. The van der Waals surface area contributed by atoms with Crippen LogP contribution < -0.4 is 5.73 Å². The Hall–Kier alpha value is -1.03. The van der Waals surface area contributed by atoms with E-state index >= 15 is 0 Å². The van der Waals surface area contributed by atoms with Crippen molar-refractivity contribution in [3.05, 3.63) is 11.5 Å². The molecule has 0 unspecified atom stereocenters. The highest BCUT2D eigenvalue weighted by Crippen LogP contribution is 2.31. The normalized spacial score (nSPS) is 13.3. The molecule has 4 nitrogen and oxygen atoms in total. The van der Waals surface area contributed by atoms with Crippen LogP contribution in [0.1, 0.15) is 66.0 Å². The van der Waals surface area contributed by atoms with Crippen LogP contribution in [0, 0.1) is 0 Å². The van der Waals surface area contributed by atoms with Gasteiger partial charge in [0.15, 0.2) is 0 Å². The Morgan fingerprint density at radius 3 is 2.05 bits per heavy atom. The van der Waals surface area contributed by atoms with Crippen molar-refractivity contribution in [2.45, 2.75) is 71.9 Å². The van der Waals surface area contributed by atoms with E-state index < -0.39 is 0 Å². The summed E-state index contributed by atoms with van der Waals surface area (Å²) in [6.45, 7) is 14.9. The van der Waals surface area contributed by atoms with Crippen molar-refractivity contribution in [2.24, 2.45) is 0 Å². The largest absolute Gasteiger partial charge is 0.384 e. The van der Waals surface area contributed by atoms with E-state index in [9.17, 15) is 0 Å². The predicted molar refractivity (Wildman–Crippen MR) is 80.5 cm³/mol. The molecule has 0 fully saturated rings. The maximum atomic E-state index is 6.31. The summed E-state index contributed by atoms with van der Waals surface area (Å²) in [5.74, 6) is 1.81. The van der Waals surface area contributed by atoms with Crippen molar-refractivity contribution in [3.63, 3.8) is 0 Å². The van der Waals surface area contributed by atoms with Crippen molar-refractivity contribution in [1.82, 2.24) is 9.55 Å². The Kier molecular flexibility index (Phi) is 4.35. The predicted octanol–water partition coefficient (Wildman–Crippen LogP) is 3.31. The molecule has 0 saturated carbocycles. The van der Waals surface area contributed by atoms with Crippen LogP contribution in [-0.4, -0.2) is 22.3 Å². The van der Waals surface area contributed by atoms with E-state index in [0.717, 1.165) is 23.8 Å². The first-order chi connectivity index (χ1) is 8.49. The fourth-order valence-corrected chi connectivity index (χ4v) is 2.15. The zero-order valence-electron chi connectivity index (χ0n) is 13.7. The molecule has 0 bridgehead atoms. The van der Waals surface area contributed by atoms with Crippen LogP contribution in [0.3, 0.4) is 0 Å². The van der Waals surface area contributed by atoms with Gasteiger partial charge >= 0.3 is 0 Å². The molecule has 1 rings (SSSR count). The zero-order chi connectivity index (χ0) is 15.0. The standard InChI is InChI=1S/C15H29N3O/c1-10(2)18-12(16)11(9-15(6,7)19-8)17-13(18)14(3,4)5/h10H,9,16H2,1-8H3. The highest BCUT2D eigenvalue weighted by atomic mass is 16.5. The van der Waals surface area contributed by atoms with Crippen LogP contribution in [0.4, 0.5) is 5.82 Å². The highest BCUT2D eigenvalue weighted by molar-refractivity contribution is 5.41. The Morgan fingerprint density at radius 2 is 1.74 bits per heavy atom. The molecule has 1 aromatic rings. The molecule has 2 N–H and O–H groups in total. The maximum absolute atomic E-state index is 6.31. The Labute approximate surface area is 117 Å². The quantitative estimate of drug-likeness (QED) is 0.910. The minimum absolute atomic E-state index is 0.0200. The third kappa shape index (κ3) is 3.50. The van der Waals surface area contributed by atoms with E-state index in [0.29, 0.717) is 6.04 Å². The first-order valence-electron chi connectivity index (χ1n) is 6.92. The first-order valence-corrected chi connectivity index (χ1v) is 6.92. The van der Waals surface area contributed by atoms with Crippen molar-refractivity contribution < 1.29 is 4.74 Å². The topological polar surface area (TPSA) is 53.1 Å². The van der Waals surface area contributed by atoms with E-state index in [4.69, 9.17) is 15.5 Å². The summed E-state index contributed by atoms with van der Waals surface area (Å²) >= 11 is 0. The molecule has 0 atom stereocenters. The number of imidazole rings is 1. The molecule has 0 aromatic carbocycles. The third-order valence-electron chi connectivity index (χ3n) is 3.36. The molecule has 0 aliphatic rings. The molecular formula is C15H29N3O. The van der Waals surface area contributed by atoms with Crippen molar-refractivity contribution in [2.75, 3.05) is 12.8 Å². The van der Waals surface area contributed by atoms with E-state index in [1.807, 2.05) is 0 Å². The Balaban J connectivity index is 3.30. The van der Waals surface area contributed by atoms with Crippen molar-refractivity contribution >= 4 is 5.82 Å². The molecule has 0 aliphatic heterocycles. The summed E-state index contributed by atoms with van der Waals surface area (Å²) in [5, 5.41) is 0. The van der Waals surface area contributed by atoms with Gasteiger partial charge in [0.25, 0.3) is 0 Å². The highest BCUT2D eigenvalue weighted by Gasteiger charge is 2.28. The molecule has 19 heavy (non-hydrogen) atoms. The van der Waals surface area contributed by atoms with E-state index in [-0.39, 0.29) is 11.0 Å². The summed E-state index contributed by atoms with van der Waals surface area (Å²) in [6, 6.07) is 0.307. The second kappa shape index (κ2) is 5.16. The van der Waals surface area contributed by atoms with Gasteiger partial charge in [-0.05, 0) is 27.7 Å². The van der Waals surface area contributed by atoms with Gasteiger partial charge in [-0.25, -0.2) is 4.98 Å². The number of nitrogen functional groups attached to an aromatic ring is 1. The lowest BCUT2D eigenvalue weighted by Gasteiger charge is -2.22. The molecule has 4 heteroatoms.